The molecule has 22 heavy (non-hydrogen) atoms. The standard InChI is InChI=1S/C15H18N2O5/c1-21-9-5-6-11-10(8-9)13(18)16-7-3-4-12(16)14(19)17(11)15(20)22-2/h5-6,8,12,14,19H,3-4,7H2,1-2H3. The van der Waals surface area contributed by atoms with E-state index in [4.69, 9.17) is 9.47 Å². The van der Waals surface area contributed by atoms with Crippen molar-refractivity contribution >= 4 is 17.7 Å². The maximum Gasteiger partial charge on any atom is 0.416 e. The zero-order chi connectivity index (χ0) is 15.9. The molecule has 7 heteroatoms. The fraction of sp³-hybridized carbons (Fsp3) is 0.467. The fourth-order valence-corrected chi connectivity index (χ4v) is 3.15. The van der Waals surface area contributed by atoms with Gasteiger partial charge in [-0.05, 0) is 31.0 Å². The van der Waals surface area contributed by atoms with Gasteiger partial charge in [-0.25, -0.2) is 9.69 Å². The molecule has 0 aromatic heterocycles. The van der Waals surface area contributed by atoms with Crippen LogP contribution in [0.2, 0.25) is 0 Å². The van der Waals surface area contributed by atoms with E-state index in [2.05, 4.69) is 0 Å². The van der Waals surface area contributed by atoms with Crippen molar-refractivity contribution in [3.8, 4) is 5.75 Å². The minimum Gasteiger partial charge on any atom is -0.497 e. The first-order chi connectivity index (χ1) is 10.6. The summed E-state index contributed by atoms with van der Waals surface area (Å²) in [5.74, 6) is 0.311. The Bertz CT molecular complexity index is 618. The van der Waals surface area contributed by atoms with E-state index in [-0.39, 0.29) is 5.91 Å². The first-order valence-corrected chi connectivity index (χ1v) is 7.12. The minimum absolute atomic E-state index is 0.207. The second-order valence-corrected chi connectivity index (χ2v) is 5.34. The summed E-state index contributed by atoms with van der Waals surface area (Å²) < 4.78 is 9.94. The number of carbonyl (C=O) groups is 2. The van der Waals surface area contributed by atoms with Gasteiger partial charge in [0.25, 0.3) is 5.91 Å². The van der Waals surface area contributed by atoms with E-state index in [9.17, 15) is 14.7 Å². The number of hydrogen-bond donors (Lipinski definition) is 1. The third kappa shape index (κ3) is 2.09. The summed E-state index contributed by atoms with van der Waals surface area (Å²) in [6.07, 6.45) is -0.387. The van der Waals surface area contributed by atoms with Gasteiger partial charge in [-0.3, -0.25) is 4.79 Å². The number of rotatable bonds is 1. The van der Waals surface area contributed by atoms with Crippen molar-refractivity contribution in [3.63, 3.8) is 0 Å². The van der Waals surface area contributed by atoms with Crippen molar-refractivity contribution < 1.29 is 24.2 Å². The molecule has 2 heterocycles. The lowest BCUT2D eigenvalue weighted by atomic mass is 10.1. The number of aliphatic hydroxyl groups is 1. The van der Waals surface area contributed by atoms with E-state index in [1.165, 1.54) is 14.2 Å². The second-order valence-electron chi connectivity index (χ2n) is 5.34. The lowest BCUT2D eigenvalue weighted by molar-refractivity contribution is 0.0502. The molecule has 0 aliphatic carbocycles. The Morgan fingerprint density at radius 2 is 2.14 bits per heavy atom. The molecule has 0 radical (unpaired) electrons. The predicted octanol–water partition coefficient (Wildman–Crippen LogP) is 1.20. The van der Waals surface area contributed by atoms with E-state index < -0.39 is 18.4 Å². The van der Waals surface area contributed by atoms with Crippen LogP contribution in [0, 0.1) is 0 Å². The van der Waals surface area contributed by atoms with Crippen LogP contribution in [0.25, 0.3) is 0 Å². The van der Waals surface area contributed by atoms with Gasteiger partial charge in [0.15, 0.2) is 6.23 Å². The molecule has 0 bridgehead atoms. The quantitative estimate of drug-likeness (QED) is 0.843. The van der Waals surface area contributed by atoms with E-state index in [0.717, 1.165) is 11.3 Å². The van der Waals surface area contributed by atoms with Crippen LogP contribution in [0.15, 0.2) is 18.2 Å². The Hall–Kier alpha value is -2.28. The SMILES string of the molecule is COC(=O)N1c2ccc(OC)cc2C(=O)N2CCCC2C1O. The molecule has 2 atom stereocenters. The van der Waals surface area contributed by atoms with Crippen molar-refractivity contribution in [1.29, 1.82) is 0 Å². The van der Waals surface area contributed by atoms with Gasteiger partial charge in [-0.2, -0.15) is 0 Å². The number of amides is 2. The molecule has 0 saturated carbocycles. The molecular weight excluding hydrogens is 288 g/mol. The third-order valence-corrected chi connectivity index (χ3v) is 4.23. The summed E-state index contributed by atoms with van der Waals surface area (Å²) in [6.45, 7) is 0.562. The number of carbonyl (C=O) groups excluding carboxylic acids is 2. The number of ether oxygens (including phenoxy) is 2. The Morgan fingerprint density at radius 1 is 1.36 bits per heavy atom. The summed E-state index contributed by atoms with van der Waals surface area (Å²) in [7, 11) is 2.76. The lowest BCUT2D eigenvalue weighted by Crippen LogP contribution is -2.50. The van der Waals surface area contributed by atoms with Crippen molar-refractivity contribution in [2.24, 2.45) is 0 Å². The largest absolute Gasteiger partial charge is 0.497 e. The molecule has 1 aromatic rings. The first-order valence-electron chi connectivity index (χ1n) is 7.12. The van der Waals surface area contributed by atoms with Crippen LogP contribution in [0.1, 0.15) is 23.2 Å². The van der Waals surface area contributed by atoms with Gasteiger partial charge in [-0.15, -0.1) is 0 Å². The monoisotopic (exact) mass is 306 g/mol. The van der Waals surface area contributed by atoms with Crippen LogP contribution in [0.3, 0.4) is 0 Å². The molecule has 2 aliphatic heterocycles. The average molecular weight is 306 g/mol. The lowest BCUT2D eigenvalue weighted by Gasteiger charge is -2.31. The highest BCUT2D eigenvalue weighted by Crippen LogP contribution is 2.36. The zero-order valence-electron chi connectivity index (χ0n) is 12.5. The number of nitrogens with zero attached hydrogens (tertiary/aromatic N) is 2. The number of fused-ring (bicyclic) bond motifs is 2. The van der Waals surface area contributed by atoms with Gasteiger partial charge in [0.1, 0.15) is 5.75 Å². The summed E-state index contributed by atoms with van der Waals surface area (Å²) in [5.41, 5.74) is 0.660. The van der Waals surface area contributed by atoms with Gasteiger partial charge in [0.2, 0.25) is 0 Å². The molecule has 1 saturated heterocycles. The summed E-state index contributed by atoms with van der Waals surface area (Å²) in [5, 5.41) is 10.6. The molecule has 118 valence electrons. The average Bonchev–Trinajstić information content (AvgIpc) is 3.01. The zero-order valence-corrected chi connectivity index (χ0v) is 12.5. The smallest absolute Gasteiger partial charge is 0.416 e. The Morgan fingerprint density at radius 3 is 2.82 bits per heavy atom. The van der Waals surface area contributed by atoms with Gasteiger partial charge in [-0.1, -0.05) is 0 Å². The maximum absolute atomic E-state index is 12.8. The van der Waals surface area contributed by atoms with Gasteiger partial charge < -0.3 is 19.5 Å². The third-order valence-electron chi connectivity index (χ3n) is 4.23. The topological polar surface area (TPSA) is 79.3 Å². The van der Waals surface area contributed by atoms with Crippen LogP contribution in [-0.2, 0) is 4.74 Å². The highest BCUT2D eigenvalue weighted by Gasteiger charge is 2.44. The number of aliphatic hydroxyl groups excluding tert-OH is 1. The van der Waals surface area contributed by atoms with Crippen molar-refractivity contribution in [2.45, 2.75) is 25.1 Å². The molecule has 0 spiro atoms. The van der Waals surface area contributed by atoms with Gasteiger partial charge in [0, 0.05) is 6.54 Å². The molecule has 2 aliphatic rings. The van der Waals surface area contributed by atoms with E-state index >= 15 is 0 Å². The predicted molar refractivity (Wildman–Crippen MR) is 77.9 cm³/mol. The molecule has 2 unspecified atom stereocenters. The Labute approximate surface area is 128 Å². The highest BCUT2D eigenvalue weighted by atomic mass is 16.5. The first kappa shape index (κ1) is 14.6. The van der Waals surface area contributed by atoms with E-state index in [0.29, 0.717) is 30.0 Å². The number of anilines is 1. The van der Waals surface area contributed by atoms with Crippen LogP contribution >= 0.6 is 0 Å². The fourth-order valence-electron chi connectivity index (χ4n) is 3.15. The molecule has 7 nitrogen and oxygen atoms in total. The molecule has 1 fully saturated rings. The number of methoxy groups -OCH3 is 2. The molecule has 3 rings (SSSR count). The van der Waals surface area contributed by atoms with Gasteiger partial charge in [0.05, 0.1) is 31.5 Å². The van der Waals surface area contributed by atoms with E-state index in [1.807, 2.05) is 0 Å². The summed E-state index contributed by atoms with van der Waals surface area (Å²) in [4.78, 5) is 27.7. The highest BCUT2D eigenvalue weighted by molar-refractivity contribution is 6.05. The minimum atomic E-state index is -1.13. The number of benzene rings is 1. The van der Waals surface area contributed by atoms with Crippen LogP contribution in [0.5, 0.6) is 5.75 Å². The molecular formula is C15H18N2O5. The molecule has 2 amide bonds. The Balaban J connectivity index is 2.17. The molecule has 1 N–H and O–H groups in total. The van der Waals surface area contributed by atoms with Crippen LogP contribution < -0.4 is 9.64 Å². The van der Waals surface area contributed by atoms with Gasteiger partial charge >= 0.3 is 6.09 Å². The maximum atomic E-state index is 12.8. The normalized spacial score (nSPS) is 23.7. The molecule has 1 aromatic carbocycles. The second kappa shape index (κ2) is 5.49. The Kier molecular flexibility index (Phi) is 3.66. The van der Waals surface area contributed by atoms with Crippen LogP contribution in [0.4, 0.5) is 10.5 Å². The van der Waals surface area contributed by atoms with Crippen molar-refractivity contribution in [2.75, 3.05) is 25.7 Å². The summed E-state index contributed by atoms with van der Waals surface area (Å²) >= 11 is 0. The number of hydrogen-bond acceptors (Lipinski definition) is 5. The van der Waals surface area contributed by atoms with Crippen molar-refractivity contribution in [3.05, 3.63) is 23.8 Å². The summed E-state index contributed by atoms with van der Waals surface area (Å²) in [6, 6.07) is 4.39. The van der Waals surface area contributed by atoms with Crippen molar-refractivity contribution in [1.82, 2.24) is 4.90 Å². The van der Waals surface area contributed by atoms with E-state index in [1.54, 1.807) is 23.1 Å². The van der Waals surface area contributed by atoms with Crippen LogP contribution in [-0.4, -0.2) is 55.0 Å².